The largest absolute Gasteiger partial charge is 0.463 e. The molecule has 0 unspecified atom stereocenters. The lowest BCUT2D eigenvalue weighted by molar-refractivity contribution is 0.0526. The number of fused-ring (bicyclic) bond motifs is 2. The van der Waals surface area contributed by atoms with Crippen molar-refractivity contribution < 1.29 is 18.7 Å². The van der Waals surface area contributed by atoms with Crippen LogP contribution in [0.25, 0.3) is 21.2 Å². The lowest BCUT2D eigenvalue weighted by Crippen LogP contribution is -2.18. The van der Waals surface area contributed by atoms with E-state index in [0.717, 1.165) is 16.5 Å². The summed E-state index contributed by atoms with van der Waals surface area (Å²) in [5, 5.41) is 0.327. The first-order valence-corrected chi connectivity index (χ1v) is 9.67. The van der Waals surface area contributed by atoms with Gasteiger partial charge >= 0.3 is 5.97 Å². The van der Waals surface area contributed by atoms with E-state index in [1.165, 1.54) is 11.3 Å². The average molecular weight is 408 g/mol. The molecule has 0 fully saturated rings. The van der Waals surface area contributed by atoms with Gasteiger partial charge in [-0.05, 0) is 37.3 Å². The van der Waals surface area contributed by atoms with Gasteiger partial charge < -0.3 is 13.7 Å². The maximum absolute atomic E-state index is 12.7. The summed E-state index contributed by atoms with van der Waals surface area (Å²) < 4.78 is 12.9. The van der Waals surface area contributed by atoms with Crippen LogP contribution in [0.4, 0.5) is 0 Å². The van der Waals surface area contributed by atoms with Crippen LogP contribution in [0, 0.1) is 0 Å². The van der Waals surface area contributed by atoms with E-state index in [1.54, 1.807) is 61.0 Å². The highest BCUT2D eigenvalue weighted by molar-refractivity contribution is 7.16. The van der Waals surface area contributed by atoms with Gasteiger partial charge in [-0.3, -0.25) is 9.59 Å². The topological polar surface area (TPSA) is 90.9 Å². The van der Waals surface area contributed by atoms with E-state index in [-0.39, 0.29) is 5.56 Å². The summed E-state index contributed by atoms with van der Waals surface area (Å²) in [6.45, 7) is 2.03. The third kappa shape index (κ3) is 3.38. The lowest BCUT2D eigenvalue weighted by atomic mass is 10.2. The number of carbonyl (C=O) groups is 2. The Balaban J connectivity index is 1.79. The highest BCUT2D eigenvalue weighted by Crippen LogP contribution is 2.19. The third-order valence-electron chi connectivity index (χ3n) is 4.43. The van der Waals surface area contributed by atoms with Crippen LogP contribution < -0.4 is 10.2 Å². The van der Waals surface area contributed by atoms with E-state index in [1.807, 2.05) is 0 Å². The van der Waals surface area contributed by atoms with Gasteiger partial charge in [0.1, 0.15) is 17.4 Å². The zero-order valence-electron chi connectivity index (χ0n) is 15.7. The Morgan fingerprint density at radius 3 is 2.79 bits per heavy atom. The zero-order valence-corrected chi connectivity index (χ0v) is 16.5. The highest BCUT2D eigenvalue weighted by atomic mass is 32.1. The van der Waals surface area contributed by atoms with Gasteiger partial charge in [0.2, 0.25) is 5.43 Å². The molecule has 2 heterocycles. The van der Waals surface area contributed by atoms with E-state index >= 15 is 0 Å². The van der Waals surface area contributed by atoms with Crippen LogP contribution in [0.2, 0.25) is 0 Å². The van der Waals surface area contributed by atoms with Gasteiger partial charge in [0, 0.05) is 7.05 Å². The van der Waals surface area contributed by atoms with Gasteiger partial charge in [0.15, 0.2) is 4.80 Å². The predicted molar refractivity (Wildman–Crippen MR) is 109 cm³/mol. The third-order valence-corrected chi connectivity index (χ3v) is 5.52. The number of thiazole rings is 1. The molecule has 0 bridgehead atoms. The molecule has 1 amide bonds. The molecule has 7 nitrogen and oxygen atoms in total. The van der Waals surface area contributed by atoms with Gasteiger partial charge in [-0.2, -0.15) is 4.99 Å². The summed E-state index contributed by atoms with van der Waals surface area (Å²) in [6, 6.07) is 11.9. The van der Waals surface area contributed by atoms with E-state index in [0.29, 0.717) is 27.9 Å². The molecule has 4 aromatic rings. The average Bonchev–Trinajstić information content (AvgIpc) is 3.03. The minimum absolute atomic E-state index is 0.131. The van der Waals surface area contributed by atoms with Crippen molar-refractivity contribution in [2.45, 2.75) is 6.92 Å². The molecule has 4 rings (SSSR count). The van der Waals surface area contributed by atoms with Crippen molar-refractivity contribution in [1.82, 2.24) is 4.57 Å². The summed E-state index contributed by atoms with van der Waals surface area (Å²) >= 11 is 1.24. The van der Waals surface area contributed by atoms with Gasteiger partial charge in [-0.1, -0.05) is 23.5 Å². The van der Waals surface area contributed by atoms with Crippen molar-refractivity contribution in [1.29, 1.82) is 0 Å². The second kappa shape index (κ2) is 7.48. The molecule has 0 radical (unpaired) electrons. The van der Waals surface area contributed by atoms with Gasteiger partial charge in [0.25, 0.3) is 5.91 Å². The van der Waals surface area contributed by atoms with E-state index in [9.17, 15) is 14.4 Å². The Hall–Kier alpha value is -3.52. The van der Waals surface area contributed by atoms with Crippen molar-refractivity contribution in [3.63, 3.8) is 0 Å². The number of aromatic nitrogens is 1. The maximum atomic E-state index is 12.7. The first-order valence-electron chi connectivity index (χ1n) is 8.86. The van der Waals surface area contributed by atoms with E-state index < -0.39 is 17.3 Å². The SMILES string of the molecule is CCOC(=O)c1ccc2c(c1)sc(=NC(=O)c1coc3ccccc3c1=O)n2C. The second-order valence-corrected chi connectivity index (χ2v) is 7.25. The van der Waals surface area contributed by atoms with Gasteiger partial charge in [0.05, 0.1) is 27.8 Å². The number of esters is 1. The minimum Gasteiger partial charge on any atom is -0.463 e. The number of para-hydroxylation sites is 1. The fourth-order valence-corrected chi connectivity index (χ4v) is 4.01. The summed E-state index contributed by atoms with van der Waals surface area (Å²) in [5.74, 6) is -1.09. The molecule has 0 aliphatic rings. The number of aryl methyl sites for hydroxylation is 1. The first-order chi connectivity index (χ1) is 14.0. The fourth-order valence-electron chi connectivity index (χ4n) is 2.95. The highest BCUT2D eigenvalue weighted by Gasteiger charge is 2.15. The van der Waals surface area contributed by atoms with Crippen LogP contribution in [0.1, 0.15) is 27.6 Å². The molecule has 146 valence electrons. The second-order valence-electron chi connectivity index (χ2n) is 6.24. The Morgan fingerprint density at radius 2 is 2.00 bits per heavy atom. The molecule has 0 saturated carbocycles. The summed E-state index contributed by atoms with van der Waals surface area (Å²) in [4.78, 5) is 41.7. The molecule has 0 atom stereocenters. The molecule has 0 aliphatic carbocycles. The molecule has 0 saturated heterocycles. The minimum atomic E-state index is -0.683. The first kappa shape index (κ1) is 18.8. The number of nitrogens with zero attached hydrogens (tertiary/aromatic N) is 2. The van der Waals surface area contributed by atoms with Crippen LogP contribution in [0.15, 0.2) is 62.9 Å². The number of benzene rings is 2. The van der Waals surface area contributed by atoms with Crippen molar-refractivity contribution in [2.75, 3.05) is 6.61 Å². The number of ether oxygens (including phenoxy) is 1. The number of carbonyl (C=O) groups excluding carboxylic acids is 2. The Kier molecular flexibility index (Phi) is 4.85. The summed E-state index contributed by atoms with van der Waals surface area (Å²) in [5.41, 5.74) is 1.09. The normalized spacial score (nSPS) is 11.9. The summed E-state index contributed by atoms with van der Waals surface area (Å²) in [6.07, 6.45) is 1.14. The monoisotopic (exact) mass is 408 g/mol. The van der Waals surface area contributed by atoms with Gasteiger partial charge in [-0.15, -0.1) is 0 Å². The van der Waals surface area contributed by atoms with Crippen LogP contribution in [-0.2, 0) is 11.8 Å². The zero-order chi connectivity index (χ0) is 20.5. The van der Waals surface area contributed by atoms with Crippen LogP contribution in [0.5, 0.6) is 0 Å². The molecular weight excluding hydrogens is 392 g/mol. The molecule has 29 heavy (non-hydrogen) atoms. The van der Waals surface area contributed by atoms with Crippen LogP contribution in [-0.4, -0.2) is 23.1 Å². The van der Waals surface area contributed by atoms with Crippen molar-refractivity contribution in [2.24, 2.45) is 12.0 Å². The fraction of sp³-hybridized carbons (Fsp3) is 0.143. The number of rotatable bonds is 3. The number of hydrogen-bond acceptors (Lipinski definition) is 6. The lowest BCUT2D eigenvalue weighted by Gasteiger charge is -2.01. The molecular formula is C21H16N2O5S. The molecule has 8 heteroatoms. The van der Waals surface area contributed by atoms with E-state index in [2.05, 4.69) is 4.99 Å². The predicted octanol–water partition coefficient (Wildman–Crippen LogP) is 3.26. The Labute approximate surface area is 168 Å². The van der Waals surface area contributed by atoms with Crippen molar-refractivity contribution in [3.8, 4) is 0 Å². The maximum Gasteiger partial charge on any atom is 0.338 e. The smallest absolute Gasteiger partial charge is 0.338 e. The Bertz CT molecular complexity index is 1390. The molecule has 2 aromatic heterocycles. The van der Waals surface area contributed by atoms with Crippen LogP contribution in [0.3, 0.4) is 0 Å². The standard InChI is InChI=1S/C21H16N2O5S/c1-3-27-20(26)12-8-9-15-17(10-12)29-21(23(15)2)22-19(25)14-11-28-16-7-5-4-6-13(16)18(14)24/h4-11H,3H2,1-2H3. The molecule has 0 N–H and O–H groups in total. The quantitative estimate of drug-likeness (QED) is 0.485. The molecule has 0 aliphatic heterocycles. The van der Waals surface area contributed by atoms with Crippen LogP contribution >= 0.6 is 11.3 Å². The Morgan fingerprint density at radius 1 is 1.21 bits per heavy atom. The molecule has 2 aromatic carbocycles. The van der Waals surface area contributed by atoms with Gasteiger partial charge in [-0.25, -0.2) is 4.79 Å². The number of amides is 1. The van der Waals surface area contributed by atoms with Crippen molar-refractivity contribution >= 4 is 44.4 Å². The van der Waals surface area contributed by atoms with E-state index in [4.69, 9.17) is 9.15 Å². The number of hydrogen-bond donors (Lipinski definition) is 0. The summed E-state index contributed by atoms with van der Waals surface area (Å²) in [7, 11) is 1.76. The molecule has 0 spiro atoms. The van der Waals surface area contributed by atoms with Crippen molar-refractivity contribution in [3.05, 3.63) is 74.9 Å².